The molecule has 2 aliphatic rings. The van der Waals surface area contributed by atoms with Crippen LogP contribution < -0.4 is 15.5 Å². The standard InChI is InChI=1S/C28H37N7O4S/c1-20-19-39-17-16-35(20)25-18-24(28(10-11-28)40(37,38)23-8-12-29-13-9-23)32-26(33-25)21-4-6-22(7-5-21)31-27(36)30-14-15-34(2)3/h4-9,12-13,18,20,37-38H,10-11,14-17,19H2,1-3H3,(H2,30,31,36)/t20-/m0/s1. The lowest BCUT2D eigenvalue weighted by Crippen LogP contribution is -2.44. The third-order valence-electron chi connectivity index (χ3n) is 7.31. The number of nitrogens with one attached hydrogen (secondary N) is 2. The number of anilines is 2. The van der Waals surface area contributed by atoms with Gasteiger partial charge in [0.15, 0.2) is 5.82 Å². The molecule has 4 N–H and O–H groups in total. The van der Waals surface area contributed by atoms with E-state index >= 15 is 0 Å². The van der Waals surface area contributed by atoms with Gasteiger partial charge in [0.25, 0.3) is 0 Å². The lowest BCUT2D eigenvalue weighted by atomic mass is 10.1. The number of ether oxygens (including phenoxy) is 1. The molecule has 0 unspecified atom stereocenters. The van der Waals surface area contributed by atoms with E-state index in [2.05, 4.69) is 27.4 Å². The first-order valence-corrected chi connectivity index (χ1v) is 15.0. The molecule has 1 aliphatic carbocycles. The summed E-state index contributed by atoms with van der Waals surface area (Å²) in [6.45, 7) is 5.23. The molecule has 1 saturated carbocycles. The zero-order valence-corrected chi connectivity index (χ0v) is 23.9. The second kappa shape index (κ2) is 11.7. The Bertz CT molecular complexity index is 1320. The van der Waals surface area contributed by atoms with Gasteiger partial charge in [-0.1, -0.05) is 0 Å². The number of urea groups is 1. The normalized spacial score (nSPS) is 18.9. The van der Waals surface area contributed by atoms with E-state index in [9.17, 15) is 13.9 Å². The van der Waals surface area contributed by atoms with Gasteiger partial charge < -0.3 is 25.2 Å². The molecule has 1 saturated heterocycles. The molecule has 2 aromatic heterocycles. The summed E-state index contributed by atoms with van der Waals surface area (Å²) in [6.07, 6.45) is 4.37. The minimum atomic E-state index is -3.20. The molecule has 40 heavy (non-hydrogen) atoms. The van der Waals surface area contributed by atoms with Crippen molar-refractivity contribution in [2.24, 2.45) is 0 Å². The Morgan fingerprint density at radius 1 is 1.15 bits per heavy atom. The summed E-state index contributed by atoms with van der Waals surface area (Å²) in [5.41, 5.74) is 2.03. The van der Waals surface area contributed by atoms with Gasteiger partial charge in [-0.05, 0) is 70.3 Å². The summed E-state index contributed by atoms with van der Waals surface area (Å²) in [6, 6.07) is 12.4. The van der Waals surface area contributed by atoms with Gasteiger partial charge in [-0.2, -0.15) is 10.6 Å². The molecule has 0 radical (unpaired) electrons. The lowest BCUT2D eigenvalue weighted by Gasteiger charge is -2.41. The van der Waals surface area contributed by atoms with Gasteiger partial charge in [-0.15, -0.1) is 0 Å². The molecule has 1 aliphatic heterocycles. The Labute approximate surface area is 236 Å². The van der Waals surface area contributed by atoms with E-state index in [1.165, 1.54) is 0 Å². The Kier molecular flexibility index (Phi) is 8.24. The highest BCUT2D eigenvalue weighted by Gasteiger charge is 2.57. The Morgan fingerprint density at radius 3 is 2.52 bits per heavy atom. The van der Waals surface area contributed by atoms with Crippen LogP contribution >= 0.6 is 10.6 Å². The highest BCUT2D eigenvalue weighted by molar-refractivity contribution is 8.25. The van der Waals surface area contributed by atoms with Crippen LogP contribution in [0.25, 0.3) is 11.4 Å². The number of morpholine rings is 1. The summed E-state index contributed by atoms with van der Waals surface area (Å²) in [7, 11) is 0.698. The molecule has 2 fully saturated rings. The van der Waals surface area contributed by atoms with Crippen LogP contribution in [0.5, 0.6) is 0 Å². The summed E-state index contributed by atoms with van der Waals surface area (Å²) < 4.78 is 27.8. The summed E-state index contributed by atoms with van der Waals surface area (Å²) in [5, 5.41) is 5.68. The van der Waals surface area contributed by atoms with Crippen molar-refractivity contribution in [1.82, 2.24) is 25.2 Å². The predicted octanol–water partition coefficient (Wildman–Crippen LogP) is 4.25. The zero-order chi connectivity index (χ0) is 28.3. The maximum absolute atomic E-state index is 12.2. The van der Waals surface area contributed by atoms with Crippen molar-refractivity contribution in [2.75, 3.05) is 57.2 Å². The molecular weight excluding hydrogens is 530 g/mol. The Balaban J connectivity index is 1.46. The molecule has 1 atom stereocenters. The molecule has 3 heterocycles. The number of rotatable bonds is 9. The van der Waals surface area contributed by atoms with Crippen molar-refractivity contribution >= 4 is 28.1 Å². The SMILES string of the molecule is C[C@H]1COCCN1c1cc(C2(S(O)(O)c3ccncc3)CC2)nc(-c2ccc(NC(=O)NCCN(C)C)cc2)n1. The molecule has 214 valence electrons. The van der Waals surface area contributed by atoms with E-state index in [-0.39, 0.29) is 12.1 Å². The first-order chi connectivity index (χ1) is 19.2. The van der Waals surface area contributed by atoms with Crippen LogP contribution in [0.4, 0.5) is 16.3 Å². The van der Waals surface area contributed by atoms with Crippen LogP contribution in [0.2, 0.25) is 0 Å². The van der Waals surface area contributed by atoms with Gasteiger partial charge in [-0.25, -0.2) is 14.8 Å². The maximum atomic E-state index is 12.2. The van der Waals surface area contributed by atoms with Crippen LogP contribution in [-0.2, 0) is 9.48 Å². The fourth-order valence-corrected chi connectivity index (χ4v) is 6.86. The smallest absolute Gasteiger partial charge is 0.319 e. The number of nitrogens with zero attached hydrogens (tertiary/aromatic N) is 5. The molecule has 12 heteroatoms. The summed E-state index contributed by atoms with van der Waals surface area (Å²) >= 11 is 0. The van der Waals surface area contributed by atoms with Gasteiger partial charge in [0.1, 0.15) is 10.6 Å². The van der Waals surface area contributed by atoms with Gasteiger partial charge in [0.2, 0.25) is 0 Å². The molecule has 3 aromatic rings. The first-order valence-electron chi connectivity index (χ1n) is 13.4. The average Bonchev–Trinajstić information content (AvgIpc) is 3.77. The molecule has 2 amide bonds. The number of amides is 2. The Morgan fingerprint density at radius 2 is 1.88 bits per heavy atom. The second-order valence-corrected chi connectivity index (χ2v) is 12.9. The van der Waals surface area contributed by atoms with Crippen LogP contribution in [-0.4, -0.2) is 88.0 Å². The van der Waals surface area contributed by atoms with E-state index in [1.54, 1.807) is 24.5 Å². The minimum absolute atomic E-state index is 0.109. The van der Waals surface area contributed by atoms with E-state index in [1.807, 2.05) is 49.3 Å². The summed E-state index contributed by atoms with van der Waals surface area (Å²) in [4.78, 5) is 30.7. The topological polar surface area (TPSA) is 136 Å². The van der Waals surface area contributed by atoms with Crippen molar-refractivity contribution in [2.45, 2.75) is 35.4 Å². The number of pyridine rings is 1. The number of carbonyl (C=O) groups is 1. The van der Waals surface area contributed by atoms with Crippen molar-refractivity contribution in [3.8, 4) is 11.4 Å². The first kappa shape index (κ1) is 28.2. The van der Waals surface area contributed by atoms with Gasteiger partial charge in [0.05, 0.1) is 29.8 Å². The maximum Gasteiger partial charge on any atom is 0.319 e. The van der Waals surface area contributed by atoms with Crippen LogP contribution in [0.15, 0.2) is 59.8 Å². The average molecular weight is 568 g/mol. The van der Waals surface area contributed by atoms with Crippen LogP contribution in [0.3, 0.4) is 0 Å². The molecule has 5 rings (SSSR count). The van der Waals surface area contributed by atoms with E-state index in [0.717, 1.165) is 17.9 Å². The number of likely N-dealkylation sites (N-methyl/N-ethyl adjacent to an activating group) is 1. The summed E-state index contributed by atoms with van der Waals surface area (Å²) in [5.74, 6) is 1.22. The highest BCUT2D eigenvalue weighted by atomic mass is 32.3. The highest BCUT2D eigenvalue weighted by Crippen LogP contribution is 2.75. The van der Waals surface area contributed by atoms with Crippen molar-refractivity contribution in [3.05, 3.63) is 60.6 Å². The van der Waals surface area contributed by atoms with Crippen LogP contribution in [0, 0.1) is 0 Å². The van der Waals surface area contributed by atoms with E-state index in [4.69, 9.17) is 14.7 Å². The Hall–Kier alpha value is -3.29. The third-order valence-corrected chi connectivity index (χ3v) is 9.95. The largest absolute Gasteiger partial charge is 0.377 e. The quantitative estimate of drug-likeness (QED) is 0.299. The fourth-order valence-electron chi connectivity index (χ4n) is 4.84. The third kappa shape index (κ3) is 5.91. The monoisotopic (exact) mass is 567 g/mol. The number of benzene rings is 1. The van der Waals surface area contributed by atoms with Crippen molar-refractivity contribution in [1.29, 1.82) is 0 Å². The molecule has 0 spiro atoms. The lowest BCUT2D eigenvalue weighted by molar-refractivity contribution is 0.0985. The molecule has 0 bridgehead atoms. The van der Waals surface area contributed by atoms with E-state index in [0.29, 0.717) is 61.2 Å². The molecule has 11 nitrogen and oxygen atoms in total. The number of hydrogen-bond donors (Lipinski definition) is 4. The van der Waals surface area contributed by atoms with Crippen LogP contribution in [0.1, 0.15) is 25.5 Å². The van der Waals surface area contributed by atoms with Gasteiger partial charge in [0, 0.05) is 49.3 Å². The minimum Gasteiger partial charge on any atom is -0.377 e. The van der Waals surface area contributed by atoms with Gasteiger partial charge in [-0.3, -0.25) is 14.1 Å². The zero-order valence-electron chi connectivity index (χ0n) is 23.1. The van der Waals surface area contributed by atoms with E-state index < -0.39 is 15.3 Å². The number of carbonyl (C=O) groups excluding carboxylic acids is 1. The number of hydrogen-bond acceptors (Lipinski definition) is 9. The van der Waals surface area contributed by atoms with Crippen molar-refractivity contribution < 1.29 is 18.6 Å². The fraction of sp³-hybridized carbons (Fsp3) is 0.429. The second-order valence-electron chi connectivity index (χ2n) is 10.5. The van der Waals surface area contributed by atoms with Crippen molar-refractivity contribution in [3.63, 3.8) is 0 Å². The molecular formula is C28H37N7O4S. The van der Waals surface area contributed by atoms with Gasteiger partial charge >= 0.3 is 6.03 Å². The predicted molar refractivity (Wildman–Crippen MR) is 157 cm³/mol. The molecule has 1 aromatic carbocycles. The number of aromatic nitrogens is 3.